The average molecular weight is 319 g/mol. The average Bonchev–Trinajstić information content (AvgIpc) is 3.35. The molecule has 0 bridgehead atoms. The maximum absolute atomic E-state index is 13.1. The Bertz CT molecular complexity index is 713. The Kier molecular flexibility index (Phi) is 3.37. The highest BCUT2D eigenvalue weighted by Gasteiger charge is 2.28. The standard InChI is InChI=1S/C16H16ClFN4/c17-12-7-10(18)3-6-13(12)20-15-8-14(9-1-2-9)21-16(22-15)19-11-4-5-11/h3,6-9,11H,1-2,4-5H2,(H2,19,20,21,22). The third-order valence-electron chi connectivity index (χ3n) is 3.85. The number of aromatic nitrogens is 2. The van der Waals surface area contributed by atoms with Gasteiger partial charge in [-0.3, -0.25) is 0 Å². The molecule has 114 valence electrons. The second kappa shape index (κ2) is 5.39. The molecule has 0 aliphatic heterocycles. The highest BCUT2D eigenvalue weighted by atomic mass is 35.5. The predicted octanol–water partition coefficient (Wildman–Crippen LogP) is 4.46. The molecule has 2 aliphatic carbocycles. The second-order valence-electron chi connectivity index (χ2n) is 5.94. The molecule has 4 nitrogen and oxygen atoms in total. The van der Waals surface area contributed by atoms with E-state index in [1.54, 1.807) is 6.07 Å². The van der Waals surface area contributed by atoms with Crippen LogP contribution in [0.25, 0.3) is 0 Å². The number of anilines is 3. The molecule has 1 aromatic heterocycles. The van der Waals surface area contributed by atoms with Crippen LogP contribution in [0, 0.1) is 5.82 Å². The Labute approximate surface area is 133 Å². The Hall–Kier alpha value is -1.88. The van der Waals surface area contributed by atoms with Gasteiger partial charge in [0.25, 0.3) is 0 Å². The third kappa shape index (κ3) is 3.14. The van der Waals surface area contributed by atoms with Crippen molar-refractivity contribution in [1.82, 2.24) is 9.97 Å². The van der Waals surface area contributed by atoms with Crippen LogP contribution in [-0.2, 0) is 0 Å². The van der Waals surface area contributed by atoms with Gasteiger partial charge in [-0.25, -0.2) is 9.37 Å². The fourth-order valence-electron chi connectivity index (χ4n) is 2.32. The minimum Gasteiger partial charge on any atom is -0.351 e. The fraction of sp³-hybridized carbons (Fsp3) is 0.375. The van der Waals surface area contributed by atoms with Crippen molar-refractivity contribution in [2.45, 2.75) is 37.6 Å². The summed E-state index contributed by atoms with van der Waals surface area (Å²) in [6, 6.07) is 6.73. The molecule has 2 fully saturated rings. The zero-order chi connectivity index (χ0) is 15.1. The van der Waals surface area contributed by atoms with Gasteiger partial charge in [-0.15, -0.1) is 0 Å². The van der Waals surface area contributed by atoms with Crippen LogP contribution >= 0.6 is 11.6 Å². The van der Waals surface area contributed by atoms with Gasteiger partial charge in [0.1, 0.15) is 11.6 Å². The van der Waals surface area contributed by atoms with Gasteiger partial charge in [-0.05, 0) is 43.9 Å². The van der Waals surface area contributed by atoms with Crippen LogP contribution in [0.3, 0.4) is 0 Å². The van der Waals surface area contributed by atoms with E-state index in [-0.39, 0.29) is 5.82 Å². The van der Waals surface area contributed by atoms with Crippen molar-refractivity contribution in [3.8, 4) is 0 Å². The summed E-state index contributed by atoms with van der Waals surface area (Å²) >= 11 is 6.07. The quantitative estimate of drug-likeness (QED) is 0.854. The van der Waals surface area contributed by atoms with Gasteiger partial charge < -0.3 is 10.6 Å². The lowest BCUT2D eigenvalue weighted by Gasteiger charge is -2.11. The molecule has 0 amide bonds. The molecule has 4 rings (SSSR count). The van der Waals surface area contributed by atoms with E-state index in [0.717, 1.165) is 5.69 Å². The maximum atomic E-state index is 13.1. The Morgan fingerprint density at radius 2 is 1.91 bits per heavy atom. The molecule has 0 saturated heterocycles. The molecule has 2 aliphatic rings. The van der Waals surface area contributed by atoms with E-state index < -0.39 is 0 Å². The summed E-state index contributed by atoms with van der Waals surface area (Å²) in [4.78, 5) is 9.10. The monoisotopic (exact) mass is 318 g/mol. The number of nitrogens with one attached hydrogen (secondary N) is 2. The van der Waals surface area contributed by atoms with Crippen LogP contribution in [0.5, 0.6) is 0 Å². The van der Waals surface area contributed by atoms with Crippen molar-refractivity contribution in [2.75, 3.05) is 10.6 Å². The number of rotatable bonds is 5. The van der Waals surface area contributed by atoms with Gasteiger partial charge in [0.2, 0.25) is 5.95 Å². The summed E-state index contributed by atoms with van der Waals surface area (Å²) in [6.07, 6.45) is 4.69. The molecule has 0 atom stereocenters. The van der Waals surface area contributed by atoms with Gasteiger partial charge in [0.05, 0.1) is 16.4 Å². The molecule has 2 aromatic rings. The molecule has 1 aromatic carbocycles. The third-order valence-corrected chi connectivity index (χ3v) is 4.16. The first kappa shape index (κ1) is 13.8. The van der Waals surface area contributed by atoms with Crippen molar-refractivity contribution in [2.24, 2.45) is 0 Å². The highest BCUT2D eigenvalue weighted by Crippen LogP contribution is 2.40. The lowest BCUT2D eigenvalue weighted by Crippen LogP contribution is -2.08. The van der Waals surface area contributed by atoms with Crippen LogP contribution in [0.1, 0.15) is 37.3 Å². The SMILES string of the molecule is Fc1ccc(Nc2cc(C3CC3)nc(NC3CC3)n2)c(Cl)c1. The first-order valence-electron chi connectivity index (χ1n) is 7.55. The van der Waals surface area contributed by atoms with Gasteiger partial charge in [0, 0.05) is 18.0 Å². The summed E-state index contributed by atoms with van der Waals surface area (Å²) in [5.41, 5.74) is 1.69. The normalized spacial score (nSPS) is 17.4. The van der Waals surface area contributed by atoms with E-state index in [4.69, 9.17) is 11.6 Å². The minimum absolute atomic E-state index is 0.336. The highest BCUT2D eigenvalue weighted by molar-refractivity contribution is 6.33. The van der Waals surface area contributed by atoms with E-state index in [1.165, 1.54) is 37.8 Å². The van der Waals surface area contributed by atoms with Crippen molar-refractivity contribution < 1.29 is 4.39 Å². The number of hydrogen-bond donors (Lipinski definition) is 2. The zero-order valence-corrected chi connectivity index (χ0v) is 12.7. The fourth-order valence-corrected chi connectivity index (χ4v) is 2.54. The number of hydrogen-bond acceptors (Lipinski definition) is 4. The molecule has 1 heterocycles. The van der Waals surface area contributed by atoms with Crippen molar-refractivity contribution in [3.05, 3.63) is 40.8 Å². The summed E-state index contributed by atoms with van der Waals surface area (Å²) in [5.74, 6) is 1.53. The first-order chi connectivity index (χ1) is 10.7. The zero-order valence-electron chi connectivity index (χ0n) is 11.9. The lowest BCUT2D eigenvalue weighted by atomic mass is 10.2. The molecule has 6 heteroatoms. The van der Waals surface area contributed by atoms with E-state index in [2.05, 4.69) is 20.6 Å². The molecule has 22 heavy (non-hydrogen) atoms. The van der Waals surface area contributed by atoms with Crippen molar-refractivity contribution >= 4 is 29.1 Å². The van der Waals surface area contributed by atoms with Crippen LogP contribution in [0.15, 0.2) is 24.3 Å². The number of nitrogens with zero attached hydrogens (tertiary/aromatic N) is 2. The first-order valence-corrected chi connectivity index (χ1v) is 7.93. The van der Waals surface area contributed by atoms with E-state index >= 15 is 0 Å². The molecular weight excluding hydrogens is 303 g/mol. The van der Waals surface area contributed by atoms with E-state index in [1.807, 2.05) is 6.07 Å². The van der Waals surface area contributed by atoms with Crippen molar-refractivity contribution in [1.29, 1.82) is 0 Å². The Morgan fingerprint density at radius 1 is 1.09 bits per heavy atom. The van der Waals surface area contributed by atoms with Crippen LogP contribution in [0.2, 0.25) is 5.02 Å². The minimum atomic E-state index is -0.354. The van der Waals surface area contributed by atoms with Crippen LogP contribution in [0.4, 0.5) is 21.8 Å². The number of halogens is 2. The summed E-state index contributed by atoms with van der Waals surface area (Å²) in [7, 11) is 0. The molecule has 0 unspecified atom stereocenters. The van der Waals surface area contributed by atoms with Gasteiger partial charge in [-0.1, -0.05) is 11.6 Å². The van der Waals surface area contributed by atoms with Crippen LogP contribution in [-0.4, -0.2) is 16.0 Å². The summed E-state index contributed by atoms with van der Waals surface area (Å²) < 4.78 is 13.1. The maximum Gasteiger partial charge on any atom is 0.225 e. The Balaban J connectivity index is 1.62. The topological polar surface area (TPSA) is 49.8 Å². The Morgan fingerprint density at radius 3 is 2.59 bits per heavy atom. The molecular formula is C16H16ClFN4. The van der Waals surface area contributed by atoms with Gasteiger partial charge in [0.15, 0.2) is 0 Å². The molecule has 2 N–H and O–H groups in total. The number of benzene rings is 1. The summed E-state index contributed by atoms with van der Waals surface area (Å²) in [6.45, 7) is 0. The van der Waals surface area contributed by atoms with Gasteiger partial charge >= 0.3 is 0 Å². The second-order valence-corrected chi connectivity index (χ2v) is 6.35. The molecule has 2 saturated carbocycles. The van der Waals surface area contributed by atoms with Crippen LogP contribution < -0.4 is 10.6 Å². The predicted molar refractivity (Wildman–Crippen MR) is 85.3 cm³/mol. The van der Waals surface area contributed by atoms with E-state index in [0.29, 0.717) is 34.4 Å². The summed E-state index contributed by atoms with van der Waals surface area (Å²) in [5, 5.41) is 6.84. The largest absolute Gasteiger partial charge is 0.351 e. The van der Waals surface area contributed by atoms with E-state index in [9.17, 15) is 4.39 Å². The van der Waals surface area contributed by atoms with Crippen molar-refractivity contribution in [3.63, 3.8) is 0 Å². The van der Waals surface area contributed by atoms with Gasteiger partial charge in [-0.2, -0.15) is 4.98 Å². The lowest BCUT2D eigenvalue weighted by molar-refractivity contribution is 0.628. The molecule has 0 radical (unpaired) electrons. The smallest absolute Gasteiger partial charge is 0.225 e. The molecule has 0 spiro atoms.